The molecule has 1 N–H and O–H groups in total. The molecule has 2 aromatic rings. The summed E-state index contributed by atoms with van der Waals surface area (Å²) in [6, 6.07) is 5.92. The van der Waals surface area contributed by atoms with Gasteiger partial charge in [0.2, 0.25) is 6.79 Å². The Labute approximate surface area is 116 Å². The largest absolute Gasteiger partial charge is 0.454 e. The van der Waals surface area contributed by atoms with Crippen LogP contribution in [0.25, 0.3) is 10.8 Å². The Morgan fingerprint density at radius 2 is 2.05 bits per heavy atom. The van der Waals surface area contributed by atoms with E-state index in [9.17, 15) is 5.11 Å². The van der Waals surface area contributed by atoms with Gasteiger partial charge in [-0.15, -0.1) is 0 Å². The summed E-state index contributed by atoms with van der Waals surface area (Å²) < 4.78 is 10.8. The van der Waals surface area contributed by atoms with Crippen molar-refractivity contribution in [1.82, 2.24) is 4.98 Å². The normalized spacial score (nSPS) is 19.2. The van der Waals surface area contributed by atoms with E-state index in [1.54, 1.807) is 6.20 Å². The molecule has 1 fully saturated rings. The first-order chi connectivity index (χ1) is 9.68. The summed E-state index contributed by atoms with van der Waals surface area (Å²) in [5.41, 5.74) is -0.569. The monoisotopic (exact) mass is 272 g/mol. The maximum atomic E-state index is 10.2. The number of hydrogen-bond acceptors (Lipinski definition) is 5. The van der Waals surface area contributed by atoms with Gasteiger partial charge in [0.1, 0.15) is 5.82 Å². The third-order valence-electron chi connectivity index (χ3n) is 4.16. The van der Waals surface area contributed by atoms with Gasteiger partial charge in [-0.3, -0.25) is 0 Å². The van der Waals surface area contributed by atoms with Crippen LogP contribution in [0.2, 0.25) is 0 Å². The molecule has 5 heteroatoms. The number of rotatable bonds is 2. The van der Waals surface area contributed by atoms with Gasteiger partial charge in [-0.1, -0.05) is 6.92 Å². The highest BCUT2D eigenvalue weighted by Crippen LogP contribution is 2.40. The molecule has 1 aromatic carbocycles. The number of ether oxygens (including phenoxy) is 2. The van der Waals surface area contributed by atoms with Crippen LogP contribution in [0.5, 0.6) is 11.5 Å². The summed E-state index contributed by atoms with van der Waals surface area (Å²) in [4.78, 5) is 6.58. The predicted molar refractivity (Wildman–Crippen MR) is 75.3 cm³/mol. The van der Waals surface area contributed by atoms with Gasteiger partial charge in [-0.25, -0.2) is 4.98 Å². The van der Waals surface area contributed by atoms with Crippen molar-refractivity contribution in [3.63, 3.8) is 0 Å². The SMILES string of the molecule is CCC1(O)CN(c2nccc3cc4c(cc23)OCO4)C1. The zero-order valence-corrected chi connectivity index (χ0v) is 11.3. The van der Waals surface area contributed by atoms with E-state index in [0.29, 0.717) is 13.1 Å². The Morgan fingerprint density at radius 3 is 2.80 bits per heavy atom. The molecule has 2 aliphatic heterocycles. The molecule has 0 bridgehead atoms. The Kier molecular flexibility index (Phi) is 2.35. The van der Waals surface area contributed by atoms with Crippen molar-refractivity contribution in [1.29, 1.82) is 0 Å². The lowest BCUT2D eigenvalue weighted by Crippen LogP contribution is -2.61. The van der Waals surface area contributed by atoms with E-state index in [0.717, 1.165) is 34.5 Å². The fourth-order valence-electron chi connectivity index (χ4n) is 2.84. The summed E-state index contributed by atoms with van der Waals surface area (Å²) in [7, 11) is 0. The number of β-amino-alcohol motifs (C(OH)–C–C–N with tert-alkyl or cyclic N) is 1. The summed E-state index contributed by atoms with van der Waals surface area (Å²) >= 11 is 0. The first-order valence-corrected chi connectivity index (χ1v) is 6.84. The van der Waals surface area contributed by atoms with E-state index in [1.165, 1.54) is 0 Å². The number of fused-ring (bicyclic) bond motifs is 2. The molecule has 4 rings (SSSR count). The molecule has 0 atom stereocenters. The summed E-state index contributed by atoms with van der Waals surface area (Å²) in [5.74, 6) is 2.44. The quantitative estimate of drug-likeness (QED) is 0.905. The van der Waals surface area contributed by atoms with Crippen LogP contribution in [-0.2, 0) is 0 Å². The lowest BCUT2D eigenvalue weighted by Gasteiger charge is -2.47. The smallest absolute Gasteiger partial charge is 0.231 e. The van der Waals surface area contributed by atoms with Crippen molar-refractivity contribution in [3.05, 3.63) is 24.4 Å². The molecule has 0 radical (unpaired) electrons. The van der Waals surface area contributed by atoms with Gasteiger partial charge < -0.3 is 19.5 Å². The van der Waals surface area contributed by atoms with Crippen LogP contribution in [0.4, 0.5) is 5.82 Å². The van der Waals surface area contributed by atoms with E-state index >= 15 is 0 Å². The summed E-state index contributed by atoms with van der Waals surface area (Å²) in [5, 5.41) is 12.3. The molecule has 0 aliphatic carbocycles. The molecule has 3 heterocycles. The minimum absolute atomic E-state index is 0.272. The minimum Gasteiger partial charge on any atom is -0.454 e. The van der Waals surface area contributed by atoms with Crippen LogP contribution in [0, 0.1) is 0 Å². The minimum atomic E-state index is -0.569. The third kappa shape index (κ3) is 1.63. The molecule has 0 unspecified atom stereocenters. The predicted octanol–water partition coefficient (Wildman–Crippen LogP) is 1.92. The van der Waals surface area contributed by atoms with Gasteiger partial charge in [-0.05, 0) is 30.0 Å². The van der Waals surface area contributed by atoms with Gasteiger partial charge in [0.15, 0.2) is 11.5 Å². The topological polar surface area (TPSA) is 54.8 Å². The fourth-order valence-corrected chi connectivity index (χ4v) is 2.84. The van der Waals surface area contributed by atoms with E-state index in [-0.39, 0.29) is 6.79 Å². The average molecular weight is 272 g/mol. The van der Waals surface area contributed by atoms with Crippen LogP contribution in [0.15, 0.2) is 24.4 Å². The number of pyridine rings is 1. The molecular formula is C15H16N2O3. The highest BCUT2D eigenvalue weighted by Gasteiger charge is 2.40. The van der Waals surface area contributed by atoms with Crippen molar-refractivity contribution in [2.24, 2.45) is 0 Å². The molecule has 104 valence electrons. The zero-order chi connectivity index (χ0) is 13.7. The van der Waals surface area contributed by atoms with Crippen molar-refractivity contribution in [3.8, 4) is 11.5 Å². The molecule has 20 heavy (non-hydrogen) atoms. The van der Waals surface area contributed by atoms with Crippen molar-refractivity contribution in [2.75, 3.05) is 24.8 Å². The number of aromatic nitrogens is 1. The molecule has 0 amide bonds. The lowest BCUT2D eigenvalue weighted by molar-refractivity contribution is 0.00824. The van der Waals surface area contributed by atoms with Gasteiger partial charge in [0.25, 0.3) is 0 Å². The Balaban J connectivity index is 1.77. The van der Waals surface area contributed by atoms with Gasteiger partial charge in [0.05, 0.1) is 5.60 Å². The number of hydrogen-bond donors (Lipinski definition) is 1. The highest BCUT2D eigenvalue weighted by atomic mass is 16.7. The van der Waals surface area contributed by atoms with Gasteiger partial charge in [-0.2, -0.15) is 0 Å². The number of benzene rings is 1. The maximum Gasteiger partial charge on any atom is 0.231 e. The molecule has 0 spiro atoms. The lowest BCUT2D eigenvalue weighted by atomic mass is 9.91. The van der Waals surface area contributed by atoms with E-state index in [1.807, 2.05) is 25.1 Å². The van der Waals surface area contributed by atoms with E-state index in [4.69, 9.17) is 9.47 Å². The molecule has 0 saturated carbocycles. The molecule has 1 saturated heterocycles. The second-order valence-corrected chi connectivity index (χ2v) is 5.50. The van der Waals surface area contributed by atoms with Crippen LogP contribution < -0.4 is 14.4 Å². The molecule has 5 nitrogen and oxygen atoms in total. The maximum absolute atomic E-state index is 10.2. The van der Waals surface area contributed by atoms with Crippen molar-refractivity contribution >= 4 is 16.6 Å². The van der Waals surface area contributed by atoms with Crippen LogP contribution >= 0.6 is 0 Å². The van der Waals surface area contributed by atoms with E-state index in [2.05, 4.69) is 9.88 Å². The summed E-state index contributed by atoms with van der Waals surface area (Å²) in [6.45, 7) is 3.54. The molecule has 2 aliphatic rings. The first-order valence-electron chi connectivity index (χ1n) is 6.84. The highest BCUT2D eigenvalue weighted by molar-refractivity contribution is 5.95. The van der Waals surface area contributed by atoms with Crippen LogP contribution in [-0.4, -0.2) is 35.6 Å². The average Bonchev–Trinajstić information content (AvgIpc) is 2.88. The Hall–Kier alpha value is -2.01. The van der Waals surface area contributed by atoms with Gasteiger partial charge in [0, 0.05) is 24.7 Å². The van der Waals surface area contributed by atoms with Crippen molar-refractivity contribution < 1.29 is 14.6 Å². The fraction of sp³-hybridized carbons (Fsp3) is 0.400. The zero-order valence-electron chi connectivity index (χ0n) is 11.3. The second-order valence-electron chi connectivity index (χ2n) is 5.50. The number of aliphatic hydroxyl groups is 1. The number of nitrogens with zero attached hydrogens (tertiary/aromatic N) is 2. The third-order valence-corrected chi connectivity index (χ3v) is 4.16. The van der Waals surface area contributed by atoms with E-state index < -0.39 is 5.60 Å². The second kappa shape index (κ2) is 3.99. The molecular weight excluding hydrogens is 256 g/mol. The van der Waals surface area contributed by atoms with Gasteiger partial charge >= 0.3 is 0 Å². The number of anilines is 1. The van der Waals surface area contributed by atoms with Crippen molar-refractivity contribution in [2.45, 2.75) is 18.9 Å². The Bertz CT molecular complexity index is 680. The summed E-state index contributed by atoms with van der Waals surface area (Å²) in [6.07, 6.45) is 2.56. The standard InChI is InChI=1S/C15H16N2O3/c1-2-15(18)7-17(8-15)14-11-6-13-12(19-9-20-13)5-10(11)3-4-16-14/h3-6,18H,2,7-9H2,1H3. The van der Waals surface area contributed by atoms with Crippen LogP contribution in [0.1, 0.15) is 13.3 Å². The first kappa shape index (κ1) is 11.8. The molecule has 1 aromatic heterocycles. The Morgan fingerprint density at radius 1 is 1.30 bits per heavy atom. The van der Waals surface area contributed by atoms with Crippen LogP contribution in [0.3, 0.4) is 0 Å².